The van der Waals surface area contributed by atoms with Crippen LogP contribution in [-0.4, -0.2) is 26.7 Å². The largest absolute Gasteiger partial charge is 0.396 e. The maximum absolute atomic E-state index is 9.12. The van der Waals surface area contributed by atoms with Crippen LogP contribution >= 0.6 is 0 Å². The summed E-state index contributed by atoms with van der Waals surface area (Å²) < 4.78 is 0. The van der Waals surface area contributed by atoms with Crippen LogP contribution in [0.4, 0.5) is 0 Å². The molecule has 1 heterocycles. The second-order valence-electron chi connectivity index (χ2n) is 4.81. The van der Waals surface area contributed by atoms with E-state index < -0.39 is 0 Å². The molecule has 20 heavy (non-hydrogen) atoms. The molecule has 0 aliphatic heterocycles. The zero-order chi connectivity index (χ0) is 13.9. The Bertz CT molecular complexity index is 700. The van der Waals surface area contributed by atoms with Gasteiger partial charge in [-0.3, -0.25) is 0 Å². The van der Waals surface area contributed by atoms with Crippen LogP contribution < -0.4 is 0 Å². The van der Waals surface area contributed by atoms with Crippen molar-refractivity contribution < 1.29 is 5.11 Å². The summed E-state index contributed by atoms with van der Waals surface area (Å²) in [6.45, 7) is 2.27. The lowest BCUT2D eigenvalue weighted by molar-refractivity contribution is 0.299. The van der Waals surface area contributed by atoms with E-state index in [2.05, 4.69) is 29.3 Å². The van der Waals surface area contributed by atoms with E-state index in [1.807, 2.05) is 30.3 Å². The van der Waals surface area contributed by atoms with Gasteiger partial charge in [0.1, 0.15) is 11.0 Å². The number of hydrogen-bond acceptors (Lipinski definition) is 3. The monoisotopic (exact) mass is 267 g/mol. The van der Waals surface area contributed by atoms with Gasteiger partial charge in [0.05, 0.1) is 5.69 Å². The third-order valence-electron chi connectivity index (χ3n) is 3.36. The Kier molecular flexibility index (Phi) is 3.48. The Morgan fingerprint density at radius 3 is 2.25 bits per heavy atom. The molecule has 0 fully saturated rings. The van der Waals surface area contributed by atoms with Gasteiger partial charge in [-0.1, -0.05) is 25.1 Å². The van der Waals surface area contributed by atoms with E-state index in [1.165, 1.54) is 5.56 Å². The van der Waals surface area contributed by atoms with Crippen molar-refractivity contribution in [2.24, 2.45) is 0 Å². The number of nitrogens with zero attached hydrogens (tertiary/aromatic N) is 3. The highest BCUT2D eigenvalue weighted by molar-refractivity contribution is 5.73. The first-order valence-electron chi connectivity index (χ1n) is 6.86. The lowest BCUT2D eigenvalue weighted by Crippen LogP contribution is -2.02. The van der Waals surface area contributed by atoms with Gasteiger partial charge < -0.3 is 5.11 Å². The van der Waals surface area contributed by atoms with Crippen LogP contribution in [0.3, 0.4) is 0 Å². The predicted octanol–water partition coefficient (Wildman–Crippen LogP) is 2.52. The molecule has 102 valence electrons. The number of aryl methyl sites for hydroxylation is 1. The molecule has 1 N–H and O–H groups in total. The van der Waals surface area contributed by atoms with Crippen molar-refractivity contribution in [1.82, 2.24) is 15.0 Å². The number of benzene rings is 2. The maximum atomic E-state index is 9.12. The third kappa shape index (κ3) is 2.42. The molecule has 1 aromatic heterocycles. The smallest absolute Gasteiger partial charge is 0.113 e. The van der Waals surface area contributed by atoms with Crippen molar-refractivity contribution in [1.29, 1.82) is 0 Å². The Morgan fingerprint density at radius 2 is 1.65 bits per heavy atom. The Hall–Kier alpha value is -2.20. The van der Waals surface area contributed by atoms with Crippen LogP contribution in [0.1, 0.15) is 18.1 Å². The highest BCUT2D eigenvalue weighted by atomic mass is 16.2. The number of fused-ring (bicyclic) bond motifs is 1. The molecule has 0 aliphatic carbocycles. The Morgan fingerprint density at radius 1 is 1.00 bits per heavy atom. The van der Waals surface area contributed by atoms with Crippen molar-refractivity contribution in [2.45, 2.75) is 19.8 Å². The normalized spacial score (nSPS) is 11.1. The predicted molar refractivity (Wildman–Crippen MR) is 79.0 cm³/mol. The summed E-state index contributed by atoms with van der Waals surface area (Å²) in [4.78, 5) is 1.67. The van der Waals surface area contributed by atoms with Gasteiger partial charge >= 0.3 is 0 Å². The van der Waals surface area contributed by atoms with Crippen molar-refractivity contribution in [2.75, 3.05) is 6.61 Å². The van der Waals surface area contributed by atoms with E-state index in [1.54, 1.807) is 4.80 Å². The second-order valence-corrected chi connectivity index (χ2v) is 4.81. The molecule has 2 aromatic carbocycles. The molecule has 0 spiro atoms. The standard InChI is InChI=1S/C16H17N3O/c1-2-12-9-13(7-8-20)11-14(10-12)19-17-15-5-3-4-6-16(15)18-19/h3-6,9-11,20H,2,7-8H2,1H3. The SMILES string of the molecule is CCc1cc(CCO)cc(-n2nc3ccccc3n2)c1. The van der Waals surface area contributed by atoms with Gasteiger partial charge in [-0.2, -0.15) is 4.80 Å². The molecule has 0 bridgehead atoms. The molecule has 3 rings (SSSR count). The number of rotatable bonds is 4. The second kappa shape index (κ2) is 5.43. The fourth-order valence-electron chi connectivity index (χ4n) is 2.31. The van der Waals surface area contributed by atoms with Crippen LogP contribution in [0.5, 0.6) is 0 Å². The lowest BCUT2D eigenvalue weighted by atomic mass is 10.1. The minimum absolute atomic E-state index is 0.154. The van der Waals surface area contributed by atoms with Gasteiger partial charge in [-0.05, 0) is 48.2 Å². The Labute approximate surface area is 117 Å². The van der Waals surface area contributed by atoms with Gasteiger partial charge in [-0.25, -0.2) is 0 Å². The van der Waals surface area contributed by atoms with Crippen LogP contribution in [0, 0.1) is 0 Å². The molecule has 0 aliphatic rings. The average Bonchev–Trinajstić information content (AvgIpc) is 2.91. The first-order valence-corrected chi connectivity index (χ1v) is 6.86. The van der Waals surface area contributed by atoms with Gasteiger partial charge in [0.15, 0.2) is 0 Å². The molecule has 3 aromatic rings. The molecular formula is C16H17N3O. The number of aromatic nitrogens is 3. The molecule has 0 radical (unpaired) electrons. The quantitative estimate of drug-likeness (QED) is 0.790. The third-order valence-corrected chi connectivity index (χ3v) is 3.36. The summed E-state index contributed by atoms with van der Waals surface area (Å²) in [7, 11) is 0. The van der Waals surface area contributed by atoms with E-state index in [0.29, 0.717) is 6.42 Å². The number of hydrogen-bond donors (Lipinski definition) is 1. The lowest BCUT2D eigenvalue weighted by Gasteiger charge is -2.07. The molecule has 0 saturated heterocycles. The van der Waals surface area contributed by atoms with E-state index in [-0.39, 0.29) is 6.61 Å². The van der Waals surface area contributed by atoms with Crippen LogP contribution in [-0.2, 0) is 12.8 Å². The van der Waals surface area contributed by atoms with Crippen molar-refractivity contribution in [3.05, 3.63) is 53.6 Å². The number of aliphatic hydroxyl groups is 1. The first-order chi connectivity index (χ1) is 9.80. The van der Waals surface area contributed by atoms with Gasteiger partial charge in [0, 0.05) is 6.61 Å². The van der Waals surface area contributed by atoms with Crippen LogP contribution in [0.15, 0.2) is 42.5 Å². The zero-order valence-corrected chi connectivity index (χ0v) is 11.5. The molecular weight excluding hydrogens is 250 g/mol. The van der Waals surface area contributed by atoms with Crippen molar-refractivity contribution >= 4 is 11.0 Å². The van der Waals surface area contributed by atoms with Gasteiger partial charge in [0.2, 0.25) is 0 Å². The molecule has 4 heteroatoms. The van der Waals surface area contributed by atoms with Gasteiger partial charge in [0.25, 0.3) is 0 Å². The fourth-order valence-corrected chi connectivity index (χ4v) is 2.31. The van der Waals surface area contributed by atoms with Crippen LogP contribution in [0.2, 0.25) is 0 Å². The fraction of sp³-hybridized carbons (Fsp3) is 0.250. The highest BCUT2D eigenvalue weighted by Gasteiger charge is 2.06. The summed E-state index contributed by atoms with van der Waals surface area (Å²) in [6, 6.07) is 14.1. The maximum Gasteiger partial charge on any atom is 0.113 e. The molecule has 4 nitrogen and oxygen atoms in total. The Balaban J connectivity index is 2.09. The first kappa shape index (κ1) is 12.8. The minimum atomic E-state index is 0.154. The van der Waals surface area contributed by atoms with Crippen molar-refractivity contribution in [3.8, 4) is 5.69 Å². The summed E-state index contributed by atoms with van der Waals surface area (Å²) >= 11 is 0. The van der Waals surface area contributed by atoms with E-state index in [0.717, 1.165) is 28.7 Å². The summed E-state index contributed by atoms with van der Waals surface area (Å²) in [5, 5.41) is 18.1. The molecule has 0 amide bonds. The zero-order valence-electron chi connectivity index (χ0n) is 11.5. The average molecular weight is 267 g/mol. The topological polar surface area (TPSA) is 50.9 Å². The molecule has 0 atom stereocenters. The molecule has 0 unspecified atom stereocenters. The summed E-state index contributed by atoms with van der Waals surface area (Å²) in [5.41, 5.74) is 5.07. The summed E-state index contributed by atoms with van der Waals surface area (Å²) in [6.07, 6.45) is 1.61. The summed E-state index contributed by atoms with van der Waals surface area (Å²) in [5.74, 6) is 0. The van der Waals surface area contributed by atoms with E-state index in [9.17, 15) is 0 Å². The van der Waals surface area contributed by atoms with Crippen molar-refractivity contribution in [3.63, 3.8) is 0 Å². The number of aliphatic hydroxyl groups excluding tert-OH is 1. The van der Waals surface area contributed by atoms with E-state index >= 15 is 0 Å². The van der Waals surface area contributed by atoms with Gasteiger partial charge in [-0.15, -0.1) is 10.2 Å². The molecule has 0 saturated carbocycles. The highest BCUT2D eigenvalue weighted by Crippen LogP contribution is 2.17. The minimum Gasteiger partial charge on any atom is -0.396 e. The van der Waals surface area contributed by atoms with Crippen LogP contribution in [0.25, 0.3) is 16.7 Å². The van der Waals surface area contributed by atoms with E-state index in [4.69, 9.17) is 5.11 Å².